The molecule has 1 saturated carbocycles. The summed E-state index contributed by atoms with van der Waals surface area (Å²) >= 11 is 9.55. The third kappa shape index (κ3) is 3.36. The SMILES string of the molecule is CCCOC1C(Cl)CC1Oc1cccc(Br)c1. The Kier molecular flexibility index (Phi) is 4.71. The fourth-order valence-electron chi connectivity index (χ4n) is 1.82. The first-order valence-electron chi connectivity index (χ1n) is 5.88. The molecule has 0 saturated heterocycles. The molecule has 1 aromatic carbocycles. The van der Waals surface area contributed by atoms with Crippen molar-refractivity contribution in [2.45, 2.75) is 37.4 Å². The molecule has 1 aromatic rings. The van der Waals surface area contributed by atoms with E-state index in [1.54, 1.807) is 0 Å². The Morgan fingerprint density at radius 2 is 2.29 bits per heavy atom. The van der Waals surface area contributed by atoms with Crippen molar-refractivity contribution in [2.75, 3.05) is 6.61 Å². The number of rotatable bonds is 5. The maximum absolute atomic E-state index is 6.13. The summed E-state index contributed by atoms with van der Waals surface area (Å²) in [6, 6.07) is 7.84. The van der Waals surface area contributed by atoms with Gasteiger partial charge in [-0.2, -0.15) is 0 Å². The normalized spacial score (nSPS) is 27.6. The average Bonchev–Trinajstić information content (AvgIpc) is 2.29. The first kappa shape index (κ1) is 13.2. The molecule has 17 heavy (non-hydrogen) atoms. The van der Waals surface area contributed by atoms with Crippen molar-refractivity contribution in [1.29, 1.82) is 0 Å². The minimum Gasteiger partial charge on any atom is -0.488 e. The van der Waals surface area contributed by atoms with Crippen molar-refractivity contribution < 1.29 is 9.47 Å². The van der Waals surface area contributed by atoms with Crippen LogP contribution in [0.5, 0.6) is 5.75 Å². The smallest absolute Gasteiger partial charge is 0.128 e. The third-order valence-corrected chi connectivity index (χ3v) is 3.70. The molecular weight excluding hydrogens is 303 g/mol. The molecule has 0 N–H and O–H groups in total. The molecule has 0 bridgehead atoms. The lowest BCUT2D eigenvalue weighted by molar-refractivity contribution is -0.0797. The van der Waals surface area contributed by atoms with Crippen molar-refractivity contribution in [3.8, 4) is 5.75 Å². The minimum absolute atomic E-state index is 0.0237. The lowest BCUT2D eigenvalue weighted by Crippen LogP contribution is -2.52. The Bertz CT molecular complexity index is 372. The summed E-state index contributed by atoms with van der Waals surface area (Å²) in [6.45, 7) is 2.83. The van der Waals surface area contributed by atoms with Crippen LogP contribution in [-0.4, -0.2) is 24.2 Å². The van der Waals surface area contributed by atoms with Gasteiger partial charge in [0, 0.05) is 17.5 Å². The first-order chi connectivity index (χ1) is 8.20. The summed E-state index contributed by atoms with van der Waals surface area (Å²) < 4.78 is 12.6. The highest BCUT2D eigenvalue weighted by atomic mass is 79.9. The Morgan fingerprint density at radius 3 is 2.94 bits per heavy atom. The number of hydrogen-bond donors (Lipinski definition) is 0. The van der Waals surface area contributed by atoms with Gasteiger partial charge in [-0.15, -0.1) is 11.6 Å². The quantitative estimate of drug-likeness (QED) is 0.764. The van der Waals surface area contributed by atoms with E-state index >= 15 is 0 Å². The molecular formula is C13H16BrClO2. The van der Waals surface area contributed by atoms with Crippen molar-refractivity contribution in [1.82, 2.24) is 0 Å². The van der Waals surface area contributed by atoms with E-state index in [2.05, 4.69) is 22.9 Å². The fraction of sp³-hybridized carbons (Fsp3) is 0.538. The van der Waals surface area contributed by atoms with Gasteiger partial charge in [0.1, 0.15) is 18.0 Å². The van der Waals surface area contributed by atoms with E-state index in [0.717, 1.165) is 29.7 Å². The molecule has 1 fully saturated rings. The highest BCUT2D eigenvalue weighted by Crippen LogP contribution is 2.33. The number of benzene rings is 1. The molecule has 1 aliphatic rings. The highest BCUT2D eigenvalue weighted by molar-refractivity contribution is 9.10. The van der Waals surface area contributed by atoms with Crippen molar-refractivity contribution >= 4 is 27.5 Å². The summed E-state index contributed by atoms with van der Waals surface area (Å²) in [5, 5.41) is 0.0821. The topological polar surface area (TPSA) is 18.5 Å². The van der Waals surface area contributed by atoms with Crippen molar-refractivity contribution in [3.05, 3.63) is 28.7 Å². The second-order valence-electron chi connectivity index (χ2n) is 4.20. The molecule has 0 amide bonds. The van der Waals surface area contributed by atoms with E-state index in [-0.39, 0.29) is 17.6 Å². The van der Waals surface area contributed by atoms with Gasteiger partial charge in [0.15, 0.2) is 0 Å². The van der Waals surface area contributed by atoms with Crippen LogP contribution in [0, 0.1) is 0 Å². The van der Waals surface area contributed by atoms with Gasteiger partial charge in [-0.25, -0.2) is 0 Å². The van der Waals surface area contributed by atoms with Crippen LogP contribution in [0.1, 0.15) is 19.8 Å². The molecule has 3 atom stereocenters. The second kappa shape index (κ2) is 6.07. The van der Waals surface area contributed by atoms with Gasteiger partial charge < -0.3 is 9.47 Å². The largest absolute Gasteiger partial charge is 0.488 e. The van der Waals surface area contributed by atoms with Gasteiger partial charge in [0.2, 0.25) is 0 Å². The number of ether oxygens (including phenoxy) is 2. The number of halogens is 2. The van der Waals surface area contributed by atoms with Gasteiger partial charge in [-0.1, -0.05) is 28.9 Å². The Labute approximate surface area is 115 Å². The van der Waals surface area contributed by atoms with Crippen LogP contribution in [0.4, 0.5) is 0 Å². The van der Waals surface area contributed by atoms with E-state index in [1.165, 1.54) is 0 Å². The summed E-state index contributed by atoms with van der Waals surface area (Å²) in [7, 11) is 0. The Morgan fingerprint density at radius 1 is 1.47 bits per heavy atom. The monoisotopic (exact) mass is 318 g/mol. The molecule has 0 radical (unpaired) electrons. The summed E-state index contributed by atoms with van der Waals surface area (Å²) in [5.41, 5.74) is 0. The maximum Gasteiger partial charge on any atom is 0.128 e. The molecule has 2 rings (SSSR count). The molecule has 0 heterocycles. The van der Waals surface area contributed by atoms with E-state index in [9.17, 15) is 0 Å². The zero-order valence-corrected chi connectivity index (χ0v) is 12.1. The third-order valence-electron chi connectivity index (χ3n) is 2.78. The molecule has 0 aromatic heterocycles. The predicted octanol–water partition coefficient (Wildman–Crippen LogP) is 4.00. The van der Waals surface area contributed by atoms with E-state index in [1.807, 2.05) is 24.3 Å². The zero-order chi connectivity index (χ0) is 12.3. The van der Waals surface area contributed by atoms with Gasteiger partial charge in [-0.3, -0.25) is 0 Å². The van der Waals surface area contributed by atoms with Gasteiger partial charge >= 0.3 is 0 Å². The fourth-order valence-corrected chi connectivity index (χ4v) is 2.61. The number of alkyl halides is 1. The van der Waals surface area contributed by atoms with Crippen LogP contribution >= 0.6 is 27.5 Å². The first-order valence-corrected chi connectivity index (χ1v) is 7.11. The molecule has 1 aliphatic carbocycles. The van der Waals surface area contributed by atoms with E-state index in [0.29, 0.717) is 0 Å². The average molecular weight is 320 g/mol. The minimum atomic E-state index is 0.0237. The molecule has 94 valence electrons. The number of hydrogen-bond acceptors (Lipinski definition) is 2. The maximum atomic E-state index is 6.13. The van der Waals surface area contributed by atoms with Crippen LogP contribution in [-0.2, 0) is 4.74 Å². The summed E-state index contributed by atoms with van der Waals surface area (Å²) in [6.07, 6.45) is 1.96. The Balaban J connectivity index is 1.91. The van der Waals surface area contributed by atoms with Crippen LogP contribution in [0.2, 0.25) is 0 Å². The van der Waals surface area contributed by atoms with Gasteiger partial charge in [0.05, 0.1) is 5.38 Å². The van der Waals surface area contributed by atoms with Crippen LogP contribution in [0.25, 0.3) is 0 Å². The van der Waals surface area contributed by atoms with Crippen molar-refractivity contribution in [2.24, 2.45) is 0 Å². The molecule has 0 spiro atoms. The van der Waals surface area contributed by atoms with Crippen molar-refractivity contribution in [3.63, 3.8) is 0 Å². The molecule has 3 unspecified atom stereocenters. The lowest BCUT2D eigenvalue weighted by atomic mass is 9.91. The summed E-state index contributed by atoms with van der Waals surface area (Å²) in [5.74, 6) is 0.859. The van der Waals surface area contributed by atoms with E-state index in [4.69, 9.17) is 21.1 Å². The van der Waals surface area contributed by atoms with E-state index < -0.39 is 0 Å². The zero-order valence-electron chi connectivity index (χ0n) is 9.74. The molecule has 0 aliphatic heterocycles. The second-order valence-corrected chi connectivity index (χ2v) is 5.68. The van der Waals surface area contributed by atoms with Gasteiger partial charge in [-0.05, 0) is 24.6 Å². The Hall–Kier alpha value is -0.250. The highest BCUT2D eigenvalue weighted by Gasteiger charge is 2.42. The van der Waals surface area contributed by atoms with Crippen LogP contribution in [0.3, 0.4) is 0 Å². The van der Waals surface area contributed by atoms with Crippen LogP contribution in [0.15, 0.2) is 28.7 Å². The standard InChI is InChI=1S/C13H16BrClO2/c1-2-6-16-13-11(15)8-12(13)17-10-5-3-4-9(14)7-10/h3-5,7,11-13H,2,6,8H2,1H3. The van der Waals surface area contributed by atoms with Gasteiger partial charge in [0.25, 0.3) is 0 Å². The molecule has 4 heteroatoms. The molecule has 2 nitrogen and oxygen atoms in total. The van der Waals surface area contributed by atoms with Crippen LogP contribution < -0.4 is 4.74 Å². The summed E-state index contributed by atoms with van der Waals surface area (Å²) in [4.78, 5) is 0. The predicted molar refractivity (Wildman–Crippen MR) is 72.8 cm³/mol. The lowest BCUT2D eigenvalue weighted by Gasteiger charge is -2.40.